The van der Waals surface area contributed by atoms with Crippen molar-refractivity contribution in [3.63, 3.8) is 0 Å². The molecule has 5 heteroatoms. The van der Waals surface area contributed by atoms with Crippen molar-refractivity contribution in [1.82, 2.24) is 0 Å². The Labute approximate surface area is 184 Å². The van der Waals surface area contributed by atoms with Crippen molar-refractivity contribution in [2.75, 3.05) is 0 Å². The molecular weight excluding hydrogens is 419 g/mol. The molecule has 0 aliphatic rings. The molecule has 0 unspecified atom stereocenters. The molecule has 0 amide bonds. The third-order valence-electron chi connectivity index (χ3n) is 5.00. The molecule has 0 atom stereocenters. The van der Waals surface area contributed by atoms with E-state index in [1.165, 1.54) is 0 Å². The van der Waals surface area contributed by atoms with Crippen molar-refractivity contribution >= 4 is 34.2 Å². The number of halogens is 2. The van der Waals surface area contributed by atoms with Crippen LogP contribution in [-0.2, 0) is 6.61 Å². The summed E-state index contributed by atoms with van der Waals surface area (Å²) in [6.07, 6.45) is 0. The average molecular weight is 439 g/mol. The van der Waals surface area contributed by atoms with Crippen LogP contribution in [0.1, 0.15) is 22.3 Å². The zero-order chi connectivity index (χ0) is 21.4. The van der Waals surface area contributed by atoms with Gasteiger partial charge in [0.25, 0.3) is 0 Å². The van der Waals surface area contributed by atoms with E-state index in [-0.39, 0.29) is 17.8 Å². The predicted octanol–water partition coefficient (Wildman–Crippen LogP) is 7.27. The van der Waals surface area contributed by atoms with Gasteiger partial charge >= 0.3 is 0 Å². The van der Waals surface area contributed by atoms with Crippen LogP contribution in [0.15, 0.2) is 63.8 Å². The quantitative estimate of drug-likeness (QED) is 0.336. The second-order valence-electron chi connectivity index (χ2n) is 7.43. The Morgan fingerprint density at radius 1 is 0.900 bits per heavy atom. The molecule has 1 heterocycles. The molecule has 0 saturated carbocycles. The summed E-state index contributed by atoms with van der Waals surface area (Å²) in [6, 6.07) is 16.8. The van der Waals surface area contributed by atoms with Crippen molar-refractivity contribution in [2.45, 2.75) is 27.4 Å². The second kappa shape index (κ2) is 8.17. The van der Waals surface area contributed by atoms with E-state index in [0.717, 1.165) is 27.8 Å². The van der Waals surface area contributed by atoms with Crippen LogP contribution in [0.5, 0.6) is 5.75 Å². The van der Waals surface area contributed by atoms with Gasteiger partial charge in [0.2, 0.25) is 11.2 Å². The molecule has 0 bridgehead atoms. The molecule has 152 valence electrons. The summed E-state index contributed by atoms with van der Waals surface area (Å²) in [5.41, 5.74) is 4.85. The number of ether oxygens (including phenoxy) is 1. The van der Waals surface area contributed by atoms with E-state index in [1.54, 1.807) is 18.2 Å². The third-order valence-corrected chi connectivity index (χ3v) is 5.58. The molecule has 4 rings (SSSR count). The summed E-state index contributed by atoms with van der Waals surface area (Å²) >= 11 is 12.3. The molecule has 0 spiro atoms. The summed E-state index contributed by atoms with van der Waals surface area (Å²) < 4.78 is 12.2. The summed E-state index contributed by atoms with van der Waals surface area (Å²) in [5, 5.41) is 1.55. The predicted molar refractivity (Wildman–Crippen MR) is 123 cm³/mol. The van der Waals surface area contributed by atoms with Gasteiger partial charge in [-0.1, -0.05) is 65.2 Å². The lowest BCUT2D eigenvalue weighted by atomic mass is 10.0. The first-order valence-corrected chi connectivity index (χ1v) is 10.3. The maximum absolute atomic E-state index is 13.4. The lowest BCUT2D eigenvalue weighted by Crippen LogP contribution is -2.11. The molecule has 0 aliphatic heterocycles. The highest BCUT2D eigenvalue weighted by Crippen LogP contribution is 2.33. The Balaban J connectivity index is 1.89. The number of benzene rings is 3. The SMILES string of the molecule is Cc1ccc(-c2oc3cc(C)cc(C)c3c(=O)c2OCc2ccc(Cl)cc2Cl)cc1. The highest BCUT2D eigenvalue weighted by Gasteiger charge is 2.20. The molecule has 0 radical (unpaired) electrons. The third kappa shape index (κ3) is 3.96. The van der Waals surface area contributed by atoms with E-state index >= 15 is 0 Å². The van der Waals surface area contributed by atoms with Crippen molar-refractivity contribution in [2.24, 2.45) is 0 Å². The first-order chi connectivity index (χ1) is 14.3. The van der Waals surface area contributed by atoms with E-state index in [4.69, 9.17) is 32.4 Å². The highest BCUT2D eigenvalue weighted by atomic mass is 35.5. The summed E-state index contributed by atoms with van der Waals surface area (Å²) in [7, 11) is 0. The Morgan fingerprint density at radius 3 is 2.33 bits per heavy atom. The Bertz CT molecular complexity index is 1310. The molecule has 0 aliphatic carbocycles. The minimum atomic E-state index is -0.200. The molecule has 1 aromatic heterocycles. The number of rotatable bonds is 4. The van der Waals surface area contributed by atoms with E-state index in [0.29, 0.717) is 26.8 Å². The lowest BCUT2D eigenvalue weighted by Gasteiger charge is -2.14. The van der Waals surface area contributed by atoms with Crippen LogP contribution in [0.4, 0.5) is 0 Å². The lowest BCUT2D eigenvalue weighted by molar-refractivity contribution is 0.298. The molecular formula is C25H20Cl2O3. The Kier molecular flexibility index (Phi) is 5.59. The molecule has 3 nitrogen and oxygen atoms in total. The van der Waals surface area contributed by atoms with Crippen LogP contribution in [-0.4, -0.2) is 0 Å². The summed E-state index contributed by atoms with van der Waals surface area (Å²) in [5.74, 6) is 0.576. The fraction of sp³-hybridized carbons (Fsp3) is 0.160. The van der Waals surface area contributed by atoms with Crippen LogP contribution in [0.2, 0.25) is 10.0 Å². The first-order valence-electron chi connectivity index (χ1n) is 9.55. The van der Waals surface area contributed by atoms with Gasteiger partial charge in [-0.3, -0.25) is 4.79 Å². The zero-order valence-corrected chi connectivity index (χ0v) is 18.4. The molecule has 0 fully saturated rings. The molecule has 0 saturated heterocycles. The maximum atomic E-state index is 13.4. The minimum Gasteiger partial charge on any atom is -0.481 e. The molecule has 30 heavy (non-hydrogen) atoms. The van der Waals surface area contributed by atoms with Gasteiger partial charge in [0.1, 0.15) is 12.2 Å². The highest BCUT2D eigenvalue weighted by molar-refractivity contribution is 6.35. The fourth-order valence-corrected chi connectivity index (χ4v) is 3.95. The van der Waals surface area contributed by atoms with Gasteiger partial charge in [-0.25, -0.2) is 0 Å². The van der Waals surface area contributed by atoms with Gasteiger partial charge in [0, 0.05) is 21.2 Å². The average Bonchev–Trinajstić information content (AvgIpc) is 2.68. The zero-order valence-electron chi connectivity index (χ0n) is 16.9. The Hall–Kier alpha value is -2.75. The Morgan fingerprint density at radius 2 is 1.63 bits per heavy atom. The van der Waals surface area contributed by atoms with Crippen molar-refractivity contribution in [3.8, 4) is 17.1 Å². The largest absolute Gasteiger partial charge is 0.481 e. The van der Waals surface area contributed by atoms with Gasteiger partial charge in [-0.2, -0.15) is 0 Å². The van der Waals surface area contributed by atoms with E-state index < -0.39 is 0 Å². The molecule has 0 N–H and O–H groups in total. The number of fused-ring (bicyclic) bond motifs is 1. The van der Waals surface area contributed by atoms with Crippen molar-refractivity contribution < 1.29 is 9.15 Å². The van der Waals surface area contributed by atoms with E-state index in [2.05, 4.69) is 0 Å². The molecule has 4 aromatic rings. The number of aryl methyl sites for hydroxylation is 3. The van der Waals surface area contributed by atoms with E-state index in [1.807, 2.05) is 57.2 Å². The summed E-state index contributed by atoms with van der Waals surface area (Å²) in [6.45, 7) is 6.01. The monoisotopic (exact) mass is 438 g/mol. The normalized spacial score (nSPS) is 11.1. The van der Waals surface area contributed by atoms with Crippen LogP contribution in [0, 0.1) is 20.8 Å². The van der Waals surface area contributed by atoms with Gasteiger partial charge in [0.15, 0.2) is 5.76 Å². The fourth-order valence-electron chi connectivity index (χ4n) is 3.49. The number of hydrogen-bond acceptors (Lipinski definition) is 3. The summed E-state index contributed by atoms with van der Waals surface area (Å²) in [4.78, 5) is 13.4. The van der Waals surface area contributed by atoms with Gasteiger partial charge in [-0.15, -0.1) is 0 Å². The number of hydrogen-bond donors (Lipinski definition) is 0. The maximum Gasteiger partial charge on any atom is 0.235 e. The van der Waals surface area contributed by atoms with Gasteiger partial charge < -0.3 is 9.15 Å². The topological polar surface area (TPSA) is 39.4 Å². The minimum absolute atomic E-state index is 0.121. The van der Waals surface area contributed by atoms with Crippen LogP contribution in [0.25, 0.3) is 22.3 Å². The van der Waals surface area contributed by atoms with Crippen LogP contribution >= 0.6 is 23.2 Å². The van der Waals surface area contributed by atoms with E-state index in [9.17, 15) is 4.79 Å². The van der Waals surface area contributed by atoms with Crippen LogP contribution < -0.4 is 10.2 Å². The second-order valence-corrected chi connectivity index (χ2v) is 8.28. The molecule has 3 aromatic carbocycles. The first kappa shape index (κ1) is 20.5. The van der Waals surface area contributed by atoms with Crippen molar-refractivity contribution in [3.05, 3.63) is 97.1 Å². The van der Waals surface area contributed by atoms with Crippen molar-refractivity contribution in [1.29, 1.82) is 0 Å². The van der Waals surface area contributed by atoms with Gasteiger partial charge in [-0.05, 0) is 50.1 Å². The van der Waals surface area contributed by atoms with Gasteiger partial charge in [0.05, 0.1) is 5.39 Å². The smallest absolute Gasteiger partial charge is 0.235 e. The standard InChI is InChI=1S/C25H20Cl2O3/c1-14-4-6-17(7-5-14)24-25(29-13-18-8-9-19(26)12-20(18)27)23(28)22-16(3)10-15(2)11-21(22)30-24/h4-12H,13H2,1-3H3. The van der Waals surface area contributed by atoms with Crippen LogP contribution in [0.3, 0.4) is 0 Å².